The van der Waals surface area contributed by atoms with Gasteiger partial charge in [-0.2, -0.15) is 0 Å². The summed E-state index contributed by atoms with van der Waals surface area (Å²) in [5.41, 5.74) is 0.628. The van der Waals surface area contributed by atoms with Crippen molar-refractivity contribution in [1.29, 1.82) is 0 Å². The van der Waals surface area contributed by atoms with Crippen LogP contribution in [0.25, 0.3) is 0 Å². The van der Waals surface area contributed by atoms with E-state index in [4.69, 9.17) is 0 Å². The lowest BCUT2D eigenvalue weighted by Gasteiger charge is -2.16. The zero-order valence-corrected chi connectivity index (χ0v) is 9.45. The fourth-order valence-corrected chi connectivity index (χ4v) is 1.24. The first kappa shape index (κ1) is 11.5. The quantitative estimate of drug-likeness (QED) is 0.815. The van der Waals surface area contributed by atoms with Crippen LogP contribution in [0.2, 0.25) is 0 Å². The number of carbonyl (C=O) groups is 1. The predicted octanol–water partition coefficient (Wildman–Crippen LogP) is 1.61. The Balaban J connectivity index is 2.96. The largest absolute Gasteiger partial charge is 0.370 e. The molecule has 1 amide bonds. The van der Waals surface area contributed by atoms with Crippen molar-refractivity contribution in [3.8, 4) is 0 Å². The van der Waals surface area contributed by atoms with Gasteiger partial charge in [0.2, 0.25) is 0 Å². The van der Waals surface area contributed by atoms with Gasteiger partial charge in [0.05, 0.1) is 5.56 Å². The van der Waals surface area contributed by atoms with E-state index in [-0.39, 0.29) is 5.91 Å². The summed E-state index contributed by atoms with van der Waals surface area (Å²) in [6, 6.07) is 3.57. The molecule has 0 saturated carbocycles. The number of amides is 1. The van der Waals surface area contributed by atoms with E-state index in [0.29, 0.717) is 17.9 Å². The summed E-state index contributed by atoms with van der Waals surface area (Å²) in [7, 11) is 1.78. The third-order valence-corrected chi connectivity index (χ3v) is 2.20. The molecular weight excluding hydrogens is 190 g/mol. The number of rotatable bonds is 4. The van der Waals surface area contributed by atoms with Crippen LogP contribution in [-0.2, 0) is 0 Å². The highest BCUT2D eigenvalue weighted by atomic mass is 16.2. The summed E-state index contributed by atoms with van der Waals surface area (Å²) in [6.45, 7) is 5.38. The van der Waals surface area contributed by atoms with Crippen molar-refractivity contribution in [2.24, 2.45) is 0 Å². The molecule has 82 valence electrons. The van der Waals surface area contributed by atoms with E-state index in [2.05, 4.69) is 10.3 Å². The van der Waals surface area contributed by atoms with E-state index in [1.165, 1.54) is 0 Å². The molecule has 4 nitrogen and oxygen atoms in total. The third-order valence-electron chi connectivity index (χ3n) is 2.20. The Kier molecular flexibility index (Phi) is 4.09. The first-order valence-corrected chi connectivity index (χ1v) is 5.15. The second kappa shape index (κ2) is 5.34. The summed E-state index contributed by atoms with van der Waals surface area (Å²) in [4.78, 5) is 17.7. The molecule has 1 rings (SSSR count). The van der Waals surface area contributed by atoms with Gasteiger partial charge in [0.15, 0.2) is 0 Å². The predicted molar refractivity (Wildman–Crippen MR) is 61.0 cm³/mol. The van der Waals surface area contributed by atoms with Crippen LogP contribution < -0.4 is 5.32 Å². The number of hydrogen-bond acceptors (Lipinski definition) is 3. The molecule has 0 radical (unpaired) electrons. The van der Waals surface area contributed by atoms with Crippen molar-refractivity contribution in [1.82, 2.24) is 9.88 Å². The molecule has 0 saturated heterocycles. The van der Waals surface area contributed by atoms with Gasteiger partial charge in [-0.05, 0) is 26.0 Å². The third kappa shape index (κ3) is 2.68. The molecule has 0 unspecified atom stereocenters. The number of aromatic nitrogens is 1. The topological polar surface area (TPSA) is 45.2 Å². The maximum absolute atomic E-state index is 11.9. The standard InChI is InChI=1S/C11H17N3O/c1-4-12-10-9(7-6-8-13-10)11(15)14(3)5-2/h6-8H,4-5H2,1-3H3,(H,12,13). The second-order valence-electron chi connectivity index (χ2n) is 3.25. The van der Waals surface area contributed by atoms with Gasteiger partial charge >= 0.3 is 0 Å². The number of pyridine rings is 1. The molecule has 0 bridgehead atoms. The smallest absolute Gasteiger partial charge is 0.257 e. The molecule has 4 heteroatoms. The number of anilines is 1. The van der Waals surface area contributed by atoms with Gasteiger partial charge in [0.1, 0.15) is 5.82 Å². The van der Waals surface area contributed by atoms with Crippen molar-refractivity contribution >= 4 is 11.7 Å². The maximum Gasteiger partial charge on any atom is 0.257 e. The first-order valence-electron chi connectivity index (χ1n) is 5.15. The van der Waals surface area contributed by atoms with Crippen LogP contribution in [0.15, 0.2) is 18.3 Å². The van der Waals surface area contributed by atoms with Gasteiger partial charge in [0, 0.05) is 26.3 Å². The van der Waals surface area contributed by atoms with E-state index >= 15 is 0 Å². The zero-order chi connectivity index (χ0) is 11.3. The first-order chi connectivity index (χ1) is 7.20. The van der Waals surface area contributed by atoms with Gasteiger partial charge in [-0.15, -0.1) is 0 Å². The van der Waals surface area contributed by atoms with E-state index in [1.54, 1.807) is 30.3 Å². The molecule has 15 heavy (non-hydrogen) atoms. The Bertz CT molecular complexity index is 338. The minimum atomic E-state index is 0.00144. The van der Waals surface area contributed by atoms with Gasteiger partial charge in [0.25, 0.3) is 5.91 Å². The van der Waals surface area contributed by atoms with E-state index in [9.17, 15) is 4.79 Å². The molecule has 0 aliphatic carbocycles. The van der Waals surface area contributed by atoms with Crippen molar-refractivity contribution in [3.05, 3.63) is 23.9 Å². The molecule has 0 aliphatic heterocycles. The van der Waals surface area contributed by atoms with Crippen molar-refractivity contribution < 1.29 is 4.79 Å². The average Bonchev–Trinajstić information content (AvgIpc) is 2.28. The lowest BCUT2D eigenvalue weighted by molar-refractivity contribution is 0.0803. The van der Waals surface area contributed by atoms with Gasteiger partial charge in [-0.25, -0.2) is 4.98 Å². The number of nitrogens with zero attached hydrogens (tertiary/aromatic N) is 2. The highest BCUT2D eigenvalue weighted by Crippen LogP contribution is 2.13. The van der Waals surface area contributed by atoms with Crippen LogP contribution in [0.3, 0.4) is 0 Å². The number of hydrogen-bond donors (Lipinski definition) is 1. The molecule has 1 N–H and O–H groups in total. The Hall–Kier alpha value is -1.58. The van der Waals surface area contributed by atoms with Crippen molar-refractivity contribution in [3.63, 3.8) is 0 Å². The molecule has 0 aromatic carbocycles. The lowest BCUT2D eigenvalue weighted by atomic mass is 10.2. The molecule has 0 fully saturated rings. The van der Waals surface area contributed by atoms with Crippen LogP contribution in [0.1, 0.15) is 24.2 Å². The van der Waals surface area contributed by atoms with Crippen LogP contribution in [-0.4, -0.2) is 35.9 Å². The molecule has 0 spiro atoms. The highest BCUT2D eigenvalue weighted by Gasteiger charge is 2.14. The van der Waals surface area contributed by atoms with Gasteiger partial charge in [-0.1, -0.05) is 0 Å². The zero-order valence-electron chi connectivity index (χ0n) is 9.45. The van der Waals surface area contributed by atoms with Gasteiger partial charge < -0.3 is 10.2 Å². The summed E-state index contributed by atoms with van der Waals surface area (Å²) < 4.78 is 0. The Morgan fingerprint density at radius 2 is 2.27 bits per heavy atom. The van der Waals surface area contributed by atoms with Crippen LogP contribution in [0.5, 0.6) is 0 Å². The summed E-state index contributed by atoms with van der Waals surface area (Å²) in [5, 5.41) is 3.08. The molecular formula is C11H17N3O. The maximum atomic E-state index is 11.9. The van der Waals surface area contributed by atoms with E-state index in [0.717, 1.165) is 6.54 Å². The SMILES string of the molecule is CCNc1ncccc1C(=O)N(C)CC. The number of nitrogens with one attached hydrogen (secondary N) is 1. The van der Waals surface area contributed by atoms with Crippen molar-refractivity contribution in [2.45, 2.75) is 13.8 Å². The summed E-state index contributed by atoms with van der Waals surface area (Å²) >= 11 is 0. The minimum absolute atomic E-state index is 0.00144. The number of carbonyl (C=O) groups excluding carboxylic acids is 1. The lowest BCUT2D eigenvalue weighted by Crippen LogP contribution is -2.27. The second-order valence-corrected chi connectivity index (χ2v) is 3.25. The van der Waals surface area contributed by atoms with Gasteiger partial charge in [-0.3, -0.25) is 4.79 Å². The monoisotopic (exact) mass is 207 g/mol. The highest BCUT2D eigenvalue weighted by molar-refractivity contribution is 5.98. The fraction of sp³-hybridized carbons (Fsp3) is 0.455. The van der Waals surface area contributed by atoms with Crippen molar-refractivity contribution in [2.75, 3.05) is 25.5 Å². The molecule has 1 aromatic heterocycles. The summed E-state index contributed by atoms with van der Waals surface area (Å²) in [6.07, 6.45) is 1.68. The minimum Gasteiger partial charge on any atom is -0.370 e. The van der Waals surface area contributed by atoms with Crippen LogP contribution >= 0.6 is 0 Å². The molecule has 0 atom stereocenters. The van der Waals surface area contributed by atoms with E-state index in [1.807, 2.05) is 13.8 Å². The molecule has 1 heterocycles. The van der Waals surface area contributed by atoms with Crippen LogP contribution in [0, 0.1) is 0 Å². The molecule has 1 aromatic rings. The summed E-state index contributed by atoms with van der Waals surface area (Å²) in [5.74, 6) is 0.659. The normalized spacial score (nSPS) is 9.80. The Labute approximate surface area is 90.3 Å². The van der Waals surface area contributed by atoms with Crippen LogP contribution in [0.4, 0.5) is 5.82 Å². The Morgan fingerprint density at radius 3 is 2.87 bits per heavy atom. The fourth-order valence-electron chi connectivity index (χ4n) is 1.24. The average molecular weight is 207 g/mol. The molecule has 0 aliphatic rings. The Morgan fingerprint density at radius 1 is 1.53 bits per heavy atom. The van der Waals surface area contributed by atoms with E-state index < -0.39 is 0 Å².